The second-order valence-corrected chi connectivity index (χ2v) is 3.43. The number of hydrogen-bond acceptors (Lipinski definition) is 3. The number of amides is 1. The molecule has 1 rings (SSSR count). The molecule has 0 bridgehead atoms. The standard InChI is InChI=1S/C11H14N2O2S/c1-3-15-11(14)12-10(16)13(2)9-7-5-4-6-8-9/h4-8H,3H2,1-2H3,(H,12,14,16). The lowest BCUT2D eigenvalue weighted by atomic mass is 10.3. The molecule has 0 radical (unpaired) electrons. The van der Waals surface area contributed by atoms with Crippen LogP contribution in [0.4, 0.5) is 10.5 Å². The Labute approximate surface area is 100 Å². The van der Waals surface area contributed by atoms with Crippen molar-refractivity contribution in [1.82, 2.24) is 5.32 Å². The van der Waals surface area contributed by atoms with Crippen molar-refractivity contribution < 1.29 is 9.53 Å². The van der Waals surface area contributed by atoms with E-state index in [1.807, 2.05) is 30.3 Å². The number of rotatable bonds is 2. The first-order chi connectivity index (χ1) is 7.65. The number of anilines is 1. The van der Waals surface area contributed by atoms with Crippen LogP contribution < -0.4 is 10.2 Å². The summed E-state index contributed by atoms with van der Waals surface area (Å²) in [6, 6.07) is 9.52. The van der Waals surface area contributed by atoms with Crippen LogP contribution in [0.25, 0.3) is 0 Å². The average molecular weight is 238 g/mol. The average Bonchev–Trinajstić information content (AvgIpc) is 2.29. The minimum atomic E-state index is -0.532. The van der Waals surface area contributed by atoms with E-state index in [4.69, 9.17) is 17.0 Å². The third-order valence-electron chi connectivity index (χ3n) is 1.93. The van der Waals surface area contributed by atoms with Crippen LogP contribution in [0.15, 0.2) is 30.3 Å². The van der Waals surface area contributed by atoms with E-state index in [2.05, 4.69) is 5.32 Å². The Hall–Kier alpha value is -1.62. The van der Waals surface area contributed by atoms with Gasteiger partial charge in [0, 0.05) is 12.7 Å². The van der Waals surface area contributed by atoms with Crippen molar-refractivity contribution >= 4 is 29.1 Å². The molecule has 0 aromatic heterocycles. The van der Waals surface area contributed by atoms with Crippen LogP contribution in [-0.4, -0.2) is 24.9 Å². The van der Waals surface area contributed by atoms with E-state index in [1.165, 1.54) is 0 Å². The number of carbonyl (C=O) groups is 1. The SMILES string of the molecule is CCOC(=O)NC(=S)N(C)c1ccccc1. The monoisotopic (exact) mass is 238 g/mol. The minimum absolute atomic E-state index is 0.310. The molecule has 1 N–H and O–H groups in total. The van der Waals surface area contributed by atoms with E-state index in [9.17, 15) is 4.79 Å². The van der Waals surface area contributed by atoms with Gasteiger partial charge < -0.3 is 9.64 Å². The van der Waals surface area contributed by atoms with Crippen LogP contribution in [0.2, 0.25) is 0 Å². The maximum absolute atomic E-state index is 11.1. The van der Waals surface area contributed by atoms with Gasteiger partial charge in [0.2, 0.25) is 0 Å². The van der Waals surface area contributed by atoms with Crippen LogP contribution >= 0.6 is 12.2 Å². The first kappa shape index (κ1) is 12.4. The van der Waals surface area contributed by atoms with Crippen molar-refractivity contribution in [2.75, 3.05) is 18.6 Å². The van der Waals surface area contributed by atoms with Crippen LogP contribution in [0.3, 0.4) is 0 Å². The zero-order chi connectivity index (χ0) is 12.0. The Morgan fingerprint density at radius 3 is 2.62 bits per heavy atom. The van der Waals surface area contributed by atoms with Crippen LogP contribution in [-0.2, 0) is 4.74 Å². The van der Waals surface area contributed by atoms with Gasteiger partial charge in [-0.2, -0.15) is 0 Å². The van der Waals surface area contributed by atoms with E-state index in [1.54, 1.807) is 18.9 Å². The van der Waals surface area contributed by atoms with E-state index in [0.717, 1.165) is 5.69 Å². The first-order valence-electron chi connectivity index (χ1n) is 4.91. The quantitative estimate of drug-likeness (QED) is 0.802. The number of hydrogen-bond donors (Lipinski definition) is 1. The fraction of sp³-hybridized carbons (Fsp3) is 0.273. The summed E-state index contributed by atoms with van der Waals surface area (Å²) in [6.07, 6.45) is -0.532. The van der Waals surface area contributed by atoms with E-state index in [-0.39, 0.29) is 0 Å². The number of nitrogens with one attached hydrogen (secondary N) is 1. The summed E-state index contributed by atoms with van der Waals surface area (Å²) in [5, 5.41) is 2.79. The molecule has 0 aliphatic carbocycles. The molecule has 0 fully saturated rings. The third-order valence-corrected chi connectivity index (χ3v) is 2.31. The summed E-state index contributed by atoms with van der Waals surface area (Å²) >= 11 is 5.06. The van der Waals surface area contributed by atoms with Gasteiger partial charge in [-0.1, -0.05) is 18.2 Å². The van der Waals surface area contributed by atoms with Crippen molar-refractivity contribution in [3.8, 4) is 0 Å². The molecule has 0 aliphatic rings. The van der Waals surface area contributed by atoms with Crippen LogP contribution in [0.1, 0.15) is 6.92 Å². The molecule has 4 nitrogen and oxygen atoms in total. The zero-order valence-electron chi connectivity index (χ0n) is 9.27. The van der Waals surface area contributed by atoms with Crippen LogP contribution in [0, 0.1) is 0 Å². The fourth-order valence-corrected chi connectivity index (χ4v) is 1.30. The molecule has 16 heavy (non-hydrogen) atoms. The van der Waals surface area contributed by atoms with Gasteiger partial charge in [-0.3, -0.25) is 5.32 Å². The van der Waals surface area contributed by atoms with Gasteiger partial charge >= 0.3 is 6.09 Å². The topological polar surface area (TPSA) is 41.6 Å². The molecule has 0 saturated heterocycles. The Morgan fingerprint density at radius 1 is 1.44 bits per heavy atom. The molecule has 1 amide bonds. The van der Waals surface area contributed by atoms with Crippen molar-refractivity contribution in [3.63, 3.8) is 0 Å². The molecule has 0 heterocycles. The lowest BCUT2D eigenvalue weighted by Crippen LogP contribution is -2.40. The Kier molecular flexibility index (Phi) is 4.72. The second kappa shape index (κ2) is 6.07. The molecule has 0 aliphatic heterocycles. The first-order valence-corrected chi connectivity index (χ1v) is 5.32. The molecule has 0 unspecified atom stereocenters. The summed E-state index contributed by atoms with van der Waals surface area (Å²) in [5.74, 6) is 0. The molecule has 0 saturated carbocycles. The van der Waals surface area contributed by atoms with Gasteiger partial charge in [-0.15, -0.1) is 0 Å². The summed E-state index contributed by atoms with van der Waals surface area (Å²) < 4.78 is 4.73. The molecular weight excluding hydrogens is 224 g/mol. The largest absolute Gasteiger partial charge is 0.450 e. The van der Waals surface area contributed by atoms with Gasteiger partial charge in [0.1, 0.15) is 0 Å². The van der Waals surface area contributed by atoms with Gasteiger partial charge in [0.05, 0.1) is 6.61 Å². The summed E-state index contributed by atoms with van der Waals surface area (Å²) in [4.78, 5) is 12.8. The van der Waals surface area contributed by atoms with Crippen molar-refractivity contribution in [2.24, 2.45) is 0 Å². The van der Waals surface area contributed by atoms with E-state index in [0.29, 0.717) is 11.7 Å². The van der Waals surface area contributed by atoms with Gasteiger partial charge in [-0.05, 0) is 31.3 Å². The van der Waals surface area contributed by atoms with Crippen molar-refractivity contribution in [1.29, 1.82) is 0 Å². The highest BCUT2D eigenvalue weighted by atomic mass is 32.1. The fourth-order valence-electron chi connectivity index (χ4n) is 1.11. The highest BCUT2D eigenvalue weighted by Crippen LogP contribution is 2.10. The number of nitrogens with zero attached hydrogens (tertiary/aromatic N) is 1. The predicted molar refractivity (Wildman–Crippen MR) is 67.6 cm³/mol. The van der Waals surface area contributed by atoms with Gasteiger partial charge in [0.25, 0.3) is 0 Å². The van der Waals surface area contributed by atoms with Crippen molar-refractivity contribution in [3.05, 3.63) is 30.3 Å². The lowest BCUT2D eigenvalue weighted by molar-refractivity contribution is 0.158. The van der Waals surface area contributed by atoms with Crippen molar-refractivity contribution in [2.45, 2.75) is 6.92 Å². The number of ether oxygens (including phenoxy) is 1. The number of benzene rings is 1. The van der Waals surface area contributed by atoms with Gasteiger partial charge in [0.15, 0.2) is 5.11 Å². The highest BCUT2D eigenvalue weighted by Gasteiger charge is 2.10. The Bertz CT molecular complexity index is 368. The molecule has 1 aromatic rings. The Morgan fingerprint density at radius 2 is 2.06 bits per heavy atom. The summed E-state index contributed by atoms with van der Waals surface area (Å²) in [5.41, 5.74) is 0.907. The van der Waals surface area contributed by atoms with Crippen LogP contribution in [0.5, 0.6) is 0 Å². The van der Waals surface area contributed by atoms with Gasteiger partial charge in [-0.25, -0.2) is 4.79 Å². The molecule has 0 atom stereocenters. The number of thiocarbonyl (C=S) groups is 1. The number of alkyl carbamates (subject to hydrolysis) is 1. The highest BCUT2D eigenvalue weighted by molar-refractivity contribution is 7.80. The lowest BCUT2D eigenvalue weighted by Gasteiger charge is -2.19. The minimum Gasteiger partial charge on any atom is -0.450 e. The number of para-hydroxylation sites is 1. The number of carbonyl (C=O) groups excluding carboxylic acids is 1. The van der Waals surface area contributed by atoms with E-state index >= 15 is 0 Å². The summed E-state index contributed by atoms with van der Waals surface area (Å²) in [7, 11) is 1.78. The maximum atomic E-state index is 11.1. The smallest absolute Gasteiger partial charge is 0.413 e. The second-order valence-electron chi connectivity index (χ2n) is 3.05. The third kappa shape index (κ3) is 3.51. The molecule has 1 aromatic carbocycles. The predicted octanol–water partition coefficient (Wildman–Crippen LogP) is 2.15. The zero-order valence-corrected chi connectivity index (χ0v) is 10.1. The normalized spacial score (nSPS) is 9.38. The molecule has 5 heteroatoms. The molecule has 0 spiro atoms. The Balaban J connectivity index is 2.58. The van der Waals surface area contributed by atoms with E-state index < -0.39 is 6.09 Å². The maximum Gasteiger partial charge on any atom is 0.413 e. The summed E-state index contributed by atoms with van der Waals surface area (Å²) in [6.45, 7) is 2.06. The molecular formula is C11H14N2O2S. The molecule has 86 valence electrons.